The smallest absolute Gasteiger partial charge is 0.210 e. The van der Waals surface area contributed by atoms with Gasteiger partial charge in [0.1, 0.15) is 0 Å². The first kappa shape index (κ1) is 13.3. The third-order valence-electron chi connectivity index (χ3n) is 1.81. The summed E-state index contributed by atoms with van der Waals surface area (Å²) < 4.78 is 38.9. The second-order valence-corrected chi connectivity index (χ2v) is 3.56. The predicted octanol–water partition coefficient (Wildman–Crippen LogP) is 1.74. The lowest BCUT2D eigenvalue weighted by Gasteiger charge is -2.11. The van der Waals surface area contributed by atoms with Gasteiger partial charge < -0.3 is 5.32 Å². The van der Waals surface area contributed by atoms with Crippen LogP contribution in [0.1, 0.15) is 13.8 Å². The van der Waals surface area contributed by atoms with Crippen molar-refractivity contribution in [1.29, 1.82) is 0 Å². The number of hydrogen-bond acceptors (Lipinski definition) is 2. The van der Waals surface area contributed by atoms with E-state index in [1.54, 1.807) is 13.8 Å². The highest BCUT2D eigenvalue weighted by Gasteiger charge is 2.14. The minimum Gasteiger partial charge on any atom is -0.323 e. The second kappa shape index (κ2) is 5.53. The minimum atomic E-state index is -1.55. The number of hydrogen-bond donors (Lipinski definition) is 3. The SMILES string of the molecule is CC(C)N=C(NN)Nc1ccc(F)c(F)c1F. The van der Waals surface area contributed by atoms with E-state index in [1.807, 2.05) is 0 Å². The van der Waals surface area contributed by atoms with Gasteiger partial charge in [-0.25, -0.2) is 24.0 Å². The molecule has 0 atom stereocenters. The first-order chi connectivity index (χ1) is 7.95. The van der Waals surface area contributed by atoms with E-state index in [0.29, 0.717) is 0 Å². The molecule has 0 aliphatic carbocycles. The number of aliphatic imine (C=N–C) groups is 1. The van der Waals surface area contributed by atoms with Crippen LogP contribution in [0.3, 0.4) is 0 Å². The van der Waals surface area contributed by atoms with Crippen LogP contribution in [0.15, 0.2) is 17.1 Å². The molecule has 7 heteroatoms. The van der Waals surface area contributed by atoms with Gasteiger partial charge in [0.2, 0.25) is 5.96 Å². The molecular formula is C10H13F3N4. The molecule has 0 saturated carbocycles. The summed E-state index contributed by atoms with van der Waals surface area (Å²) in [7, 11) is 0. The van der Waals surface area contributed by atoms with E-state index in [1.165, 1.54) is 0 Å². The fourth-order valence-electron chi connectivity index (χ4n) is 1.11. The van der Waals surface area contributed by atoms with Gasteiger partial charge in [0.05, 0.1) is 5.69 Å². The number of anilines is 1. The van der Waals surface area contributed by atoms with Crippen molar-refractivity contribution in [3.8, 4) is 0 Å². The Morgan fingerprint density at radius 2 is 1.88 bits per heavy atom. The molecule has 1 aromatic rings. The molecule has 0 fully saturated rings. The average molecular weight is 246 g/mol. The van der Waals surface area contributed by atoms with Crippen molar-refractivity contribution < 1.29 is 13.2 Å². The quantitative estimate of drug-likeness (QED) is 0.245. The van der Waals surface area contributed by atoms with E-state index in [4.69, 9.17) is 5.84 Å². The Bertz CT molecular complexity index is 432. The van der Waals surface area contributed by atoms with Gasteiger partial charge in [0.15, 0.2) is 17.5 Å². The lowest BCUT2D eigenvalue weighted by Crippen LogP contribution is -2.37. The Balaban J connectivity index is 2.99. The summed E-state index contributed by atoms with van der Waals surface area (Å²) >= 11 is 0. The van der Waals surface area contributed by atoms with Crippen LogP contribution in [0, 0.1) is 17.5 Å². The molecule has 4 nitrogen and oxygen atoms in total. The Morgan fingerprint density at radius 1 is 1.24 bits per heavy atom. The molecule has 0 bridgehead atoms. The van der Waals surface area contributed by atoms with Gasteiger partial charge >= 0.3 is 0 Å². The number of nitrogens with two attached hydrogens (primary N) is 1. The maximum Gasteiger partial charge on any atom is 0.210 e. The van der Waals surface area contributed by atoms with Gasteiger partial charge in [-0.05, 0) is 26.0 Å². The highest BCUT2D eigenvalue weighted by molar-refractivity contribution is 5.93. The summed E-state index contributed by atoms with van der Waals surface area (Å²) in [6, 6.07) is 1.77. The van der Waals surface area contributed by atoms with Gasteiger partial charge in [-0.15, -0.1) is 0 Å². The van der Waals surface area contributed by atoms with Crippen molar-refractivity contribution in [1.82, 2.24) is 5.43 Å². The molecule has 0 aliphatic rings. The summed E-state index contributed by atoms with van der Waals surface area (Å²) in [4.78, 5) is 3.97. The third kappa shape index (κ3) is 3.35. The number of benzene rings is 1. The zero-order valence-corrected chi connectivity index (χ0v) is 9.39. The van der Waals surface area contributed by atoms with E-state index < -0.39 is 17.5 Å². The first-order valence-corrected chi connectivity index (χ1v) is 4.90. The van der Waals surface area contributed by atoms with Gasteiger partial charge in [-0.1, -0.05) is 0 Å². The molecule has 17 heavy (non-hydrogen) atoms. The maximum atomic E-state index is 13.3. The largest absolute Gasteiger partial charge is 0.323 e. The molecule has 0 saturated heterocycles. The summed E-state index contributed by atoms with van der Waals surface area (Å²) in [5, 5.41) is 2.43. The number of hydrazine groups is 1. The molecule has 4 N–H and O–H groups in total. The van der Waals surface area contributed by atoms with Crippen LogP contribution in [0.5, 0.6) is 0 Å². The highest BCUT2D eigenvalue weighted by Crippen LogP contribution is 2.19. The summed E-state index contributed by atoms with van der Waals surface area (Å²) in [6.45, 7) is 3.56. The molecule has 0 aromatic heterocycles. The molecule has 0 heterocycles. The van der Waals surface area contributed by atoms with Crippen molar-refractivity contribution in [2.24, 2.45) is 10.8 Å². The highest BCUT2D eigenvalue weighted by atomic mass is 19.2. The number of guanidine groups is 1. The van der Waals surface area contributed by atoms with Crippen molar-refractivity contribution >= 4 is 11.6 Å². The van der Waals surface area contributed by atoms with E-state index in [-0.39, 0.29) is 17.7 Å². The summed E-state index contributed by atoms with van der Waals surface area (Å²) in [6.07, 6.45) is 0. The lowest BCUT2D eigenvalue weighted by molar-refractivity contribution is 0.449. The normalized spacial score (nSPS) is 11.8. The van der Waals surface area contributed by atoms with Gasteiger partial charge in [0.25, 0.3) is 0 Å². The molecule has 0 unspecified atom stereocenters. The van der Waals surface area contributed by atoms with E-state index in [2.05, 4.69) is 15.7 Å². The van der Waals surface area contributed by atoms with Crippen molar-refractivity contribution in [2.45, 2.75) is 19.9 Å². The summed E-state index contributed by atoms with van der Waals surface area (Å²) in [5.41, 5.74) is 1.95. The molecule has 0 aliphatic heterocycles. The fraction of sp³-hybridized carbons (Fsp3) is 0.300. The van der Waals surface area contributed by atoms with E-state index in [0.717, 1.165) is 12.1 Å². The molecule has 1 aromatic carbocycles. The van der Waals surface area contributed by atoms with Crippen molar-refractivity contribution in [3.63, 3.8) is 0 Å². The van der Waals surface area contributed by atoms with Crippen LogP contribution in [-0.2, 0) is 0 Å². The topological polar surface area (TPSA) is 62.4 Å². The van der Waals surface area contributed by atoms with Crippen LogP contribution in [0.4, 0.5) is 18.9 Å². The van der Waals surface area contributed by atoms with Crippen LogP contribution >= 0.6 is 0 Å². The molecule has 0 amide bonds. The zero-order chi connectivity index (χ0) is 13.0. The Morgan fingerprint density at radius 3 is 2.41 bits per heavy atom. The van der Waals surface area contributed by atoms with Crippen LogP contribution in [0.2, 0.25) is 0 Å². The third-order valence-corrected chi connectivity index (χ3v) is 1.81. The van der Waals surface area contributed by atoms with Gasteiger partial charge in [0, 0.05) is 6.04 Å². The number of halogens is 3. The van der Waals surface area contributed by atoms with E-state index >= 15 is 0 Å². The maximum absolute atomic E-state index is 13.3. The van der Waals surface area contributed by atoms with Gasteiger partial charge in [-0.3, -0.25) is 5.43 Å². The molecular weight excluding hydrogens is 233 g/mol. The predicted molar refractivity (Wildman–Crippen MR) is 59.8 cm³/mol. The Hall–Kier alpha value is -1.76. The van der Waals surface area contributed by atoms with Crippen LogP contribution in [-0.4, -0.2) is 12.0 Å². The summed E-state index contributed by atoms with van der Waals surface area (Å²) in [5.74, 6) is 1.09. The molecule has 1 rings (SSSR count). The van der Waals surface area contributed by atoms with Crippen LogP contribution in [0.25, 0.3) is 0 Å². The number of rotatable bonds is 2. The average Bonchev–Trinajstić information content (AvgIpc) is 2.28. The Kier molecular flexibility index (Phi) is 4.33. The zero-order valence-electron chi connectivity index (χ0n) is 9.39. The first-order valence-electron chi connectivity index (χ1n) is 4.90. The molecule has 94 valence electrons. The minimum absolute atomic E-state index is 0.0601. The van der Waals surface area contributed by atoms with Gasteiger partial charge in [-0.2, -0.15) is 0 Å². The fourth-order valence-corrected chi connectivity index (χ4v) is 1.11. The van der Waals surface area contributed by atoms with Crippen molar-refractivity contribution in [3.05, 3.63) is 29.6 Å². The number of nitrogens with one attached hydrogen (secondary N) is 2. The van der Waals surface area contributed by atoms with Crippen LogP contribution < -0.4 is 16.6 Å². The Labute approximate surface area is 96.7 Å². The monoisotopic (exact) mass is 246 g/mol. The van der Waals surface area contributed by atoms with Crippen molar-refractivity contribution in [2.75, 3.05) is 5.32 Å². The second-order valence-electron chi connectivity index (χ2n) is 3.56. The number of nitrogens with zero attached hydrogens (tertiary/aromatic N) is 1. The lowest BCUT2D eigenvalue weighted by atomic mass is 10.3. The molecule has 0 radical (unpaired) electrons. The molecule has 0 spiro atoms. The standard InChI is InChI=1S/C10H13F3N4/c1-5(2)15-10(17-14)16-7-4-3-6(11)8(12)9(7)13/h3-5H,14H2,1-2H3,(H2,15,16,17). The van der Waals surface area contributed by atoms with E-state index in [9.17, 15) is 13.2 Å².